The van der Waals surface area contributed by atoms with Crippen LogP contribution < -0.4 is 4.74 Å². The fraction of sp³-hybridized carbons (Fsp3) is 0.438. The Morgan fingerprint density at radius 3 is 2.39 bits per heavy atom. The molecule has 2 aromatic rings. The molecule has 7 heteroatoms. The summed E-state index contributed by atoms with van der Waals surface area (Å²) >= 11 is 12.1. The number of nitrogens with zero attached hydrogens (tertiary/aromatic N) is 3. The summed E-state index contributed by atoms with van der Waals surface area (Å²) in [4.78, 5) is 17.1. The molecule has 0 spiro atoms. The van der Waals surface area contributed by atoms with E-state index in [1.807, 2.05) is 20.8 Å². The van der Waals surface area contributed by atoms with Crippen molar-refractivity contribution in [2.75, 3.05) is 0 Å². The third-order valence-corrected chi connectivity index (χ3v) is 3.76. The van der Waals surface area contributed by atoms with Crippen molar-refractivity contribution >= 4 is 29.0 Å². The topological polar surface area (TPSA) is 57.0 Å². The largest absolute Gasteiger partial charge is 0.460 e. The quantitative estimate of drug-likeness (QED) is 0.815. The van der Waals surface area contributed by atoms with Gasteiger partial charge in [-0.2, -0.15) is 5.10 Å². The van der Waals surface area contributed by atoms with Gasteiger partial charge in [0.15, 0.2) is 0 Å². The molecule has 0 aliphatic rings. The molecule has 5 nitrogen and oxygen atoms in total. The van der Waals surface area contributed by atoms with Crippen molar-refractivity contribution in [1.82, 2.24) is 14.8 Å². The van der Waals surface area contributed by atoms with Crippen LogP contribution in [-0.2, 0) is 4.79 Å². The molecule has 0 aliphatic carbocycles. The first-order chi connectivity index (χ1) is 10.6. The van der Waals surface area contributed by atoms with E-state index in [-0.39, 0.29) is 5.78 Å². The molecule has 0 fully saturated rings. The molecule has 0 saturated carbocycles. The summed E-state index contributed by atoms with van der Waals surface area (Å²) in [6.45, 7) is 9.02. The van der Waals surface area contributed by atoms with Crippen LogP contribution >= 0.6 is 23.2 Å². The fourth-order valence-corrected chi connectivity index (χ4v) is 2.49. The van der Waals surface area contributed by atoms with Gasteiger partial charge >= 0.3 is 0 Å². The van der Waals surface area contributed by atoms with Crippen molar-refractivity contribution < 1.29 is 9.53 Å². The molecule has 23 heavy (non-hydrogen) atoms. The van der Waals surface area contributed by atoms with Crippen LogP contribution in [0.4, 0.5) is 0 Å². The molecule has 1 aromatic heterocycles. The van der Waals surface area contributed by atoms with Crippen LogP contribution in [0, 0.1) is 19.3 Å². The number of Topliss-reactive ketones (excluding diaryl/α,β-unsaturated/α-hetero) is 1. The summed E-state index contributed by atoms with van der Waals surface area (Å²) < 4.78 is 7.37. The van der Waals surface area contributed by atoms with Crippen LogP contribution in [0.15, 0.2) is 18.2 Å². The Balaban J connectivity index is 2.46. The molecule has 0 radical (unpaired) electrons. The van der Waals surface area contributed by atoms with Crippen LogP contribution in [-0.4, -0.2) is 20.5 Å². The predicted molar refractivity (Wildman–Crippen MR) is 90.1 cm³/mol. The molecule has 0 amide bonds. The number of hydrogen-bond acceptors (Lipinski definition) is 4. The zero-order valence-electron chi connectivity index (χ0n) is 13.7. The average Bonchev–Trinajstić information content (AvgIpc) is 2.75. The maximum atomic E-state index is 12.8. The lowest BCUT2D eigenvalue weighted by atomic mass is 9.89. The molecule has 0 N–H and O–H groups in total. The Bertz CT molecular complexity index is 735. The van der Waals surface area contributed by atoms with Gasteiger partial charge in [-0.15, -0.1) is 0 Å². The third kappa shape index (κ3) is 4.03. The van der Waals surface area contributed by atoms with Crippen molar-refractivity contribution in [3.8, 4) is 5.75 Å². The molecule has 2 rings (SSSR count). The summed E-state index contributed by atoms with van der Waals surface area (Å²) in [5.41, 5.74) is -0.615. The van der Waals surface area contributed by atoms with Gasteiger partial charge in [0.2, 0.25) is 5.78 Å². The smallest absolute Gasteiger partial charge is 0.252 e. The predicted octanol–water partition coefficient (Wildman–Crippen LogP) is 4.39. The first kappa shape index (κ1) is 17.8. The van der Waals surface area contributed by atoms with E-state index >= 15 is 0 Å². The van der Waals surface area contributed by atoms with Crippen LogP contribution in [0.3, 0.4) is 0 Å². The minimum absolute atomic E-state index is 0.128. The highest BCUT2D eigenvalue weighted by molar-refractivity contribution is 6.35. The summed E-state index contributed by atoms with van der Waals surface area (Å²) in [7, 11) is 0. The molecule has 1 aromatic carbocycles. The van der Waals surface area contributed by atoms with E-state index in [2.05, 4.69) is 10.1 Å². The molecular weight excluding hydrogens is 337 g/mol. The van der Waals surface area contributed by atoms with Crippen LogP contribution in [0.25, 0.3) is 0 Å². The van der Waals surface area contributed by atoms with E-state index in [1.54, 1.807) is 32.0 Å². The minimum atomic E-state index is -0.949. The second kappa shape index (κ2) is 6.49. The highest BCUT2D eigenvalue weighted by atomic mass is 35.5. The van der Waals surface area contributed by atoms with E-state index in [9.17, 15) is 4.79 Å². The van der Waals surface area contributed by atoms with E-state index in [0.717, 1.165) is 0 Å². The molecule has 0 aliphatic heterocycles. The van der Waals surface area contributed by atoms with Crippen LogP contribution in [0.1, 0.15) is 38.6 Å². The summed E-state index contributed by atoms with van der Waals surface area (Å²) in [6, 6.07) is 4.85. The minimum Gasteiger partial charge on any atom is -0.460 e. The molecule has 1 heterocycles. The zero-order valence-corrected chi connectivity index (χ0v) is 15.2. The number of carbonyl (C=O) groups is 1. The summed E-state index contributed by atoms with van der Waals surface area (Å²) in [5, 5.41) is 5.11. The normalized spacial score (nSPS) is 13.0. The first-order valence-corrected chi connectivity index (χ1v) is 7.91. The van der Waals surface area contributed by atoms with Gasteiger partial charge in [0, 0.05) is 10.4 Å². The molecule has 1 atom stereocenters. The monoisotopic (exact) mass is 355 g/mol. The van der Waals surface area contributed by atoms with Crippen molar-refractivity contribution in [3.63, 3.8) is 0 Å². The van der Waals surface area contributed by atoms with E-state index in [1.165, 1.54) is 4.68 Å². The van der Waals surface area contributed by atoms with Crippen LogP contribution in [0.2, 0.25) is 10.0 Å². The first-order valence-electron chi connectivity index (χ1n) is 7.15. The number of ether oxygens (including phenoxy) is 1. The van der Waals surface area contributed by atoms with E-state index < -0.39 is 11.6 Å². The van der Waals surface area contributed by atoms with Gasteiger partial charge < -0.3 is 4.74 Å². The van der Waals surface area contributed by atoms with Crippen molar-refractivity contribution in [1.29, 1.82) is 0 Å². The lowest BCUT2D eigenvalue weighted by Gasteiger charge is -2.26. The maximum Gasteiger partial charge on any atom is 0.252 e. The maximum absolute atomic E-state index is 12.8. The second-order valence-corrected chi connectivity index (χ2v) is 7.15. The Morgan fingerprint density at radius 1 is 1.26 bits per heavy atom. The second-order valence-electron chi connectivity index (χ2n) is 6.31. The number of halogens is 2. The molecule has 0 saturated heterocycles. The third-order valence-electron chi connectivity index (χ3n) is 3.23. The Labute approximate surface area is 145 Å². The number of benzene rings is 1. The summed E-state index contributed by atoms with van der Waals surface area (Å²) in [6.07, 6.45) is -0.949. The lowest BCUT2D eigenvalue weighted by molar-refractivity contribution is -0.138. The number of carbonyl (C=O) groups excluding carboxylic acids is 1. The fourth-order valence-electron chi connectivity index (χ4n) is 2.03. The number of rotatable bonds is 4. The Hall–Kier alpha value is -1.59. The number of ketones is 1. The van der Waals surface area contributed by atoms with Crippen molar-refractivity contribution in [2.45, 2.75) is 40.8 Å². The van der Waals surface area contributed by atoms with Gasteiger partial charge in [0.25, 0.3) is 6.23 Å². The van der Waals surface area contributed by atoms with Gasteiger partial charge in [-0.05, 0) is 32.0 Å². The van der Waals surface area contributed by atoms with Gasteiger partial charge in [-0.1, -0.05) is 44.0 Å². The van der Waals surface area contributed by atoms with Gasteiger partial charge in [0.05, 0.1) is 5.02 Å². The van der Waals surface area contributed by atoms with Gasteiger partial charge in [-0.25, -0.2) is 9.67 Å². The number of aryl methyl sites for hydroxylation is 2. The van der Waals surface area contributed by atoms with Crippen LogP contribution in [0.5, 0.6) is 5.75 Å². The number of hydrogen-bond donors (Lipinski definition) is 0. The van der Waals surface area contributed by atoms with E-state index in [4.69, 9.17) is 27.9 Å². The van der Waals surface area contributed by atoms with Crippen molar-refractivity contribution in [3.05, 3.63) is 39.9 Å². The standard InChI is InChI=1S/C16H19Cl2N3O2/c1-9-19-10(2)21(20-9)15(14(22)16(3,4)5)23-13-7-6-11(17)8-12(13)18/h6-8,15H,1-5H3/t15-/m1/s1. The average molecular weight is 356 g/mol. The van der Waals surface area contributed by atoms with E-state index in [0.29, 0.717) is 27.4 Å². The number of aromatic nitrogens is 3. The lowest BCUT2D eigenvalue weighted by Crippen LogP contribution is -2.35. The molecule has 0 unspecified atom stereocenters. The Morgan fingerprint density at radius 2 is 1.91 bits per heavy atom. The SMILES string of the molecule is Cc1nc(C)n([C@H](Oc2ccc(Cl)cc2Cl)C(=O)C(C)(C)C)n1. The molecule has 0 bridgehead atoms. The highest BCUT2D eigenvalue weighted by Crippen LogP contribution is 2.32. The molecular formula is C16H19Cl2N3O2. The van der Waals surface area contributed by atoms with Gasteiger partial charge in [0.1, 0.15) is 17.4 Å². The molecule has 124 valence electrons. The zero-order chi connectivity index (χ0) is 17.4. The van der Waals surface area contributed by atoms with Crippen molar-refractivity contribution in [2.24, 2.45) is 5.41 Å². The summed E-state index contributed by atoms with van der Waals surface area (Å²) in [5.74, 6) is 1.40. The van der Waals surface area contributed by atoms with Gasteiger partial charge in [-0.3, -0.25) is 4.79 Å². The highest BCUT2D eigenvalue weighted by Gasteiger charge is 2.34. The Kier molecular flexibility index (Phi) is 5.01.